The van der Waals surface area contributed by atoms with Gasteiger partial charge in [0.2, 0.25) is 0 Å². The van der Waals surface area contributed by atoms with Crippen LogP contribution in [0, 0.1) is 0 Å². The molecule has 0 saturated carbocycles. The summed E-state index contributed by atoms with van der Waals surface area (Å²) in [5.74, 6) is 6.21. The van der Waals surface area contributed by atoms with E-state index in [1.807, 2.05) is 6.07 Å². The topological polar surface area (TPSA) is 73.1 Å². The summed E-state index contributed by atoms with van der Waals surface area (Å²) in [7, 11) is 1.57. The number of hydrazine groups is 1. The van der Waals surface area contributed by atoms with Crippen molar-refractivity contribution in [2.24, 2.45) is 5.84 Å². The molecule has 0 aliphatic heterocycles. The standard InChI is InChI=1S/C12H12Cl2N4O/c1-19-9-2-7(4-16-6-9)11(18-15)12-10(14)3-8(13)5-17-12/h2-6,11,18H,15H2,1H3. The molecule has 2 rings (SSSR count). The fourth-order valence-electron chi connectivity index (χ4n) is 1.68. The second kappa shape index (κ2) is 6.16. The first kappa shape index (κ1) is 14.0. The van der Waals surface area contributed by atoms with Crippen LogP contribution in [-0.4, -0.2) is 17.1 Å². The van der Waals surface area contributed by atoms with E-state index in [-0.39, 0.29) is 0 Å². The zero-order valence-electron chi connectivity index (χ0n) is 10.1. The molecule has 1 unspecified atom stereocenters. The number of aromatic nitrogens is 2. The van der Waals surface area contributed by atoms with Gasteiger partial charge in [0.05, 0.1) is 35.1 Å². The molecule has 0 saturated heterocycles. The van der Waals surface area contributed by atoms with Gasteiger partial charge in [-0.15, -0.1) is 0 Å². The van der Waals surface area contributed by atoms with Crippen LogP contribution >= 0.6 is 23.2 Å². The van der Waals surface area contributed by atoms with Crippen molar-refractivity contribution in [3.05, 3.63) is 52.0 Å². The van der Waals surface area contributed by atoms with Gasteiger partial charge in [-0.3, -0.25) is 15.8 Å². The summed E-state index contributed by atoms with van der Waals surface area (Å²) in [6.45, 7) is 0. The van der Waals surface area contributed by atoms with Gasteiger partial charge in [0, 0.05) is 12.4 Å². The van der Waals surface area contributed by atoms with E-state index in [0.29, 0.717) is 21.5 Å². The summed E-state index contributed by atoms with van der Waals surface area (Å²) >= 11 is 12.0. The number of rotatable bonds is 4. The minimum atomic E-state index is -0.396. The third-order valence-electron chi connectivity index (χ3n) is 2.58. The lowest BCUT2D eigenvalue weighted by atomic mass is 10.1. The molecule has 2 heterocycles. The molecule has 0 fully saturated rings. The SMILES string of the molecule is COc1cncc(C(NN)c2ncc(Cl)cc2Cl)c1. The maximum atomic E-state index is 6.13. The lowest BCUT2D eigenvalue weighted by Gasteiger charge is -2.17. The Balaban J connectivity index is 2.43. The van der Waals surface area contributed by atoms with Crippen molar-refractivity contribution < 1.29 is 4.74 Å². The molecule has 0 aliphatic carbocycles. The first-order chi connectivity index (χ1) is 9.15. The second-order valence-electron chi connectivity index (χ2n) is 3.78. The highest BCUT2D eigenvalue weighted by Crippen LogP contribution is 2.28. The van der Waals surface area contributed by atoms with Crippen molar-refractivity contribution in [3.8, 4) is 5.75 Å². The number of ether oxygens (including phenoxy) is 1. The smallest absolute Gasteiger partial charge is 0.137 e. The molecular formula is C12H12Cl2N4O. The van der Waals surface area contributed by atoms with Gasteiger partial charge in [-0.25, -0.2) is 5.43 Å². The van der Waals surface area contributed by atoms with E-state index in [2.05, 4.69) is 15.4 Å². The van der Waals surface area contributed by atoms with Gasteiger partial charge in [0.1, 0.15) is 5.75 Å². The molecule has 0 bridgehead atoms. The van der Waals surface area contributed by atoms with Crippen molar-refractivity contribution in [1.29, 1.82) is 0 Å². The molecule has 7 heteroatoms. The van der Waals surface area contributed by atoms with Gasteiger partial charge >= 0.3 is 0 Å². The molecule has 0 amide bonds. The molecule has 2 aromatic rings. The quantitative estimate of drug-likeness (QED) is 0.669. The maximum absolute atomic E-state index is 6.13. The van der Waals surface area contributed by atoms with Crippen molar-refractivity contribution in [1.82, 2.24) is 15.4 Å². The molecule has 5 nitrogen and oxygen atoms in total. The number of nitrogens with one attached hydrogen (secondary N) is 1. The number of hydrogen-bond acceptors (Lipinski definition) is 5. The Bertz CT molecular complexity index is 579. The Hall–Kier alpha value is -1.40. The number of nitrogens with zero attached hydrogens (tertiary/aromatic N) is 2. The van der Waals surface area contributed by atoms with E-state index < -0.39 is 6.04 Å². The van der Waals surface area contributed by atoms with Gasteiger partial charge in [0.25, 0.3) is 0 Å². The third kappa shape index (κ3) is 3.13. The van der Waals surface area contributed by atoms with Crippen LogP contribution in [0.25, 0.3) is 0 Å². The van der Waals surface area contributed by atoms with Gasteiger partial charge in [-0.2, -0.15) is 0 Å². The monoisotopic (exact) mass is 298 g/mol. The first-order valence-corrected chi connectivity index (χ1v) is 6.17. The van der Waals surface area contributed by atoms with Crippen LogP contribution in [0.4, 0.5) is 0 Å². The number of hydrogen-bond donors (Lipinski definition) is 2. The molecule has 1 atom stereocenters. The zero-order valence-corrected chi connectivity index (χ0v) is 11.6. The van der Waals surface area contributed by atoms with Gasteiger partial charge in [0.15, 0.2) is 0 Å². The fraction of sp³-hybridized carbons (Fsp3) is 0.167. The lowest BCUT2D eigenvalue weighted by Crippen LogP contribution is -2.29. The van der Waals surface area contributed by atoms with E-state index in [0.717, 1.165) is 5.56 Å². The number of pyridine rings is 2. The van der Waals surface area contributed by atoms with Crippen LogP contribution in [-0.2, 0) is 0 Å². The van der Waals surface area contributed by atoms with Crippen LogP contribution in [0.2, 0.25) is 10.0 Å². The van der Waals surface area contributed by atoms with Crippen molar-refractivity contribution in [3.63, 3.8) is 0 Å². The van der Waals surface area contributed by atoms with Gasteiger partial charge in [-0.05, 0) is 17.7 Å². The minimum Gasteiger partial charge on any atom is -0.495 e. The van der Waals surface area contributed by atoms with E-state index in [1.165, 1.54) is 6.20 Å². The molecule has 100 valence electrons. The molecule has 0 spiro atoms. The Morgan fingerprint density at radius 1 is 1.26 bits per heavy atom. The fourth-order valence-corrected chi connectivity index (χ4v) is 2.16. The normalized spacial score (nSPS) is 12.2. The highest BCUT2D eigenvalue weighted by molar-refractivity contribution is 6.34. The van der Waals surface area contributed by atoms with Crippen molar-refractivity contribution in [2.75, 3.05) is 7.11 Å². The summed E-state index contributed by atoms with van der Waals surface area (Å²) in [5, 5.41) is 0.895. The van der Waals surface area contributed by atoms with Crippen LogP contribution < -0.4 is 16.0 Å². The van der Waals surface area contributed by atoms with Crippen LogP contribution in [0.15, 0.2) is 30.7 Å². The molecule has 3 N–H and O–H groups in total. The van der Waals surface area contributed by atoms with E-state index in [4.69, 9.17) is 33.8 Å². The van der Waals surface area contributed by atoms with Crippen LogP contribution in [0.5, 0.6) is 5.75 Å². The Morgan fingerprint density at radius 2 is 2.05 bits per heavy atom. The molecule has 0 aromatic carbocycles. The number of methoxy groups -OCH3 is 1. The molecule has 0 radical (unpaired) electrons. The van der Waals surface area contributed by atoms with Crippen molar-refractivity contribution >= 4 is 23.2 Å². The average Bonchev–Trinajstić information content (AvgIpc) is 2.42. The van der Waals surface area contributed by atoms with E-state index in [9.17, 15) is 0 Å². The first-order valence-electron chi connectivity index (χ1n) is 5.41. The summed E-state index contributed by atoms with van der Waals surface area (Å²) in [4.78, 5) is 8.29. The van der Waals surface area contributed by atoms with Gasteiger partial charge < -0.3 is 4.74 Å². The lowest BCUT2D eigenvalue weighted by molar-refractivity contribution is 0.411. The largest absolute Gasteiger partial charge is 0.495 e. The summed E-state index contributed by atoms with van der Waals surface area (Å²) in [6, 6.07) is 3.03. The Kier molecular flexibility index (Phi) is 4.55. The van der Waals surface area contributed by atoms with E-state index in [1.54, 1.807) is 25.6 Å². The average molecular weight is 299 g/mol. The second-order valence-corrected chi connectivity index (χ2v) is 4.62. The summed E-state index contributed by atoms with van der Waals surface area (Å²) in [5.41, 5.74) is 4.02. The predicted octanol–water partition coefficient (Wildman–Crippen LogP) is 2.34. The maximum Gasteiger partial charge on any atom is 0.137 e. The summed E-state index contributed by atoms with van der Waals surface area (Å²) < 4.78 is 5.13. The highest BCUT2D eigenvalue weighted by Gasteiger charge is 2.18. The Morgan fingerprint density at radius 3 is 2.68 bits per heavy atom. The molecular weight excluding hydrogens is 287 g/mol. The minimum absolute atomic E-state index is 0.396. The van der Waals surface area contributed by atoms with E-state index >= 15 is 0 Å². The predicted molar refractivity (Wildman–Crippen MR) is 74.2 cm³/mol. The molecule has 2 aromatic heterocycles. The number of nitrogens with two attached hydrogens (primary N) is 1. The highest BCUT2D eigenvalue weighted by atomic mass is 35.5. The zero-order chi connectivity index (χ0) is 13.8. The van der Waals surface area contributed by atoms with Gasteiger partial charge in [-0.1, -0.05) is 23.2 Å². The van der Waals surface area contributed by atoms with Crippen LogP contribution in [0.1, 0.15) is 17.3 Å². The number of halogens is 2. The Labute approximate surface area is 120 Å². The molecule has 19 heavy (non-hydrogen) atoms. The molecule has 0 aliphatic rings. The van der Waals surface area contributed by atoms with Crippen molar-refractivity contribution in [2.45, 2.75) is 6.04 Å². The summed E-state index contributed by atoms with van der Waals surface area (Å²) in [6.07, 6.45) is 4.79. The third-order valence-corrected chi connectivity index (χ3v) is 3.09. The van der Waals surface area contributed by atoms with Crippen LogP contribution in [0.3, 0.4) is 0 Å².